The van der Waals surface area contributed by atoms with Crippen molar-refractivity contribution in [3.63, 3.8) is 0 Å². The maximum Gasteiger partial charge on any atom is 0.320 e. The summed E-state index contributed by atoms with van der Waals surface area (Å²) in [4.78, 5) is 13.0. The molecule has 0 rings (SSSR count). The van der Waals surface area contributed by atoms with Crippen LogP contribution in [0.3, 0.4) is 0 Å². The summed E-state index contributed by atoms with van der Waals surface area (Å²) < 4.78 is 10.2. The van der Waals surface area contributed by atoms with Crippen LogP contribution in [0.2, 0.25) is 0 Å². The van der Waals surface area contributed by atoms with E-state index in [1.807, 2.05) is 18.9 Å². The summed E-state index contributed by atoms with van der Waals surface area (Å²) in [5.41, 5.74) is 0. The van der Waals surface area contributed by atoms with E-state index >= 15 is 0 Å². The number of hydrogen-bond donors (Lipinski definition) is 0. The molecule has 0 atom stereocenters. The van der Waals surface area contributed by atoms with Crippen LogP contribution in [0.15, 0.2) is 0 Å². The van der Waals surface area contributed by atoms with Gasteiger partial charge in [0.25, 0.3) is 0 Å². The van der Waals surface area contributed by atoms with E-state index in [9.17, 15) is 4.79 Å². The van der Waals surface area contributed by atoms with Gasteiger partial charge in [-0.05, 0) is 20.4 Å². The number of hydrogen-bond acceptors (Lipinski definition) is 4. The average Bonchev–Trinajstić information content (AvgIpc) is 2.17. The standard InChI is InChI=1S/C11H23NO3/c1-4-6-8-14-9-7-12(3)10-11(13)15-5-2/h4-10H2,1-3H3. The molecule has 0 radical (unpaired) electrons. The van der Waals surface area contributed by atoms with E-state index in [1.54, 1.807) is 0 Å². The maximum atomic E-state index is 11.1. The van der Waals surface area contributed by atoms with Crippen molar-refractivity contribution in [2.75, 3.05) is 40.0 Å². The topological polar surface area (TPSA) is 38.8 Å². The molecule has 0 saturated heterocycles. The SMILES string of the molecule is CCCCOCCN(C)CC(=O)OCC. The van der Waals surface area contributed by atoms with E-state index in [-0.39, 0.29) is 5.97 Å². The number of carbonyl (C=O) groups excluding carboxylic acids is 1. The molecule has 0 bridgehead atoms. The van der Waals surface area contributed by atoms with Crippen LogP contribution in [0, 0.1) is 0 Å². The van der Waals surface area contributed by atoms with Gasteiger partial charge in [-0.1, -0.05) is 13.3 Å². The van der Waals surface area contributed by atoms with Crippen molar-refractivity contribution >= 4 is 5.97 Å². The fraction of sp³-hybridized carbons (Fsp3) is 0.909. The summed E-state index contributed by atoms with van der Waals surface area (Å²) in [6, 6.07) is 0. The second kappa shape index (κ2) is 9.93. The number of carbonyl (C=O) groups is 1. The second-order valence-electron chi connectivity index (χ2n) is 3.51. The van der Waals surface area contributed by atoms with Gasteiger partial charge >= 0.3 is 5.97 Å². The minimum absolute atomic E-state index is 0.173. The Balaban J connectivity index is 3.32. The van der Waals surface area contributed by atoms with Crippen LogP contribution >= 0.6 is 0 Å². The summed E-state index contributed by atoms with van der Waals surface area (Å²) in [5, 5.41) is 0. The lowest BCUT2D eigenvalue weighted by Crippen LogP contribution is -2.30. The Morgan fingerprint density at radius 1 is 1.27 bits per heavy atom. The van der Waals surface area contributed by atoms with Crippen LogP contribution < -0.4 is 0 Å². The first kappa shape index (κ1) is 14.4. The van der Waals surface area contributed by atoms with Gasteiger partial charge in [0.2, 0.25) is 0 Å². The second-order valence-corrected chi connectivity index (χ2v) is 3.51. The van der Waals surface area contributed by atoms with Crippen molar-refractivity contribution in [2.24, 2.45) is 0 Å². The minimum atomic E-state index is -0.173. The van der Waals surface area contributed by atoms with Crippen molar-refractivity contribution in [3.05, 3.63) is 0 Å². The highest BCUT2D eigenvalue weighted by atomic mass is 16.5. The molecular weight excluding hydrogens is 194 g/mol. The quantitative estimate of drug-likeness (QED) is 0.431. The van der Waals surface area contributed by atoms with Gasteiger partial charge in [-0.3, -0.25) is 9.69 Å². The van der Waals surface area contributed by atoms with E-state index in [2.05, 4.69) is 6.92 Å². The highest BCUT2D eigenvalue weighted by Crippen LogP contribution is 1.90. The molecular formula is C11H23NO3. The molecule has 0 aliphatic rings. The normalized spacial score (nSPS) is 10.7. The lowest BCUT2D eigenvalue weighted by molar-refractivity contribution is -0.144. The highest BCUT2D eigenvalue weighted by Gasteiger charge is 2.06. The molecule has 90 valence electrons. The van der Waals surface area contributed by atoms with E-state index in [1.165, 1.54) is 0 Å². The Labute approximate surface area is 92.5 Å². The molecule has 0 aromatic rings. The largest absolute Gasteiger partial charge is 0.465 e. The molecule has 0 aromatic heterocycles. The molecule has 0 heterocycles. The summed E-state index contributed by atoms with van der Waals surface area (Å²) in [5.74, 6) is -0.173. The van der Waals surface area contributed by atoms with Crippen LogP contribution in [0.4, 0.5) is 0 Å². The third-order valence-corrected chi connectivity index (χ3v) is 1.96. The first-order valence-corrected chi connectivity index (χ1v) is 5.62. The lowest BCUT2D eigenvalue weighted by Gasteiger charge is -2.15. The number of nitrogens with zero attached hydrogens (tertiary/aromatic N) is 1. The van der Waals surface area contributed by atoms with Gasteiger partial charge in [-0.25, -0.2) is 0 Å². The third-order valence-electron chi connectivity index (χ3n) is 1.96. The molecule has 0 N–H and O–H groups in total. The highest BCUT2D eigenvalue weighted by molar-refractivity contribution is 5.71. The fourth-order valence-electron chi connectivity index (χ4n) is 1.07. The molecule has 0 unspecified atom stereocenters. The molecule has 0 spiro atoms. The Morgan fingerprint density at radius 2 is 2.00 bits per heavy atom. The van der Waals surface area contributed by atoms with Crippen molar-refractivity contribution in [1.82, 2.24) is 4.90 Å². The fourth-order valence-corrected chi connectivity index (χ4v) is 1.07. The Kier molecular flexibility index (Phi) is 9.52. The van der Waals surface area contributed by atoms with Gasteiger partial charge in [0.1, 0.15) is 0 Å². The summed E-state index contributed by atoms with van der Waals surface area (Å²) in [7, 11) is 1.89. The Hall–Kier alpha value is -0.610. The van der Waals surface area contributed by atoms with E-state index in [4.69, 9.17) is 9.47 Å². The number of rotatable bonds is 9. The van der Waals surface area contributed by atoms with Gasteiger partial charge in [0.05, 0.1) is 19.8 Å². The first-order chi connectivity index (χ1) is 7.20. The molecule has 0 aromatic carbocycles. The van der Waals surface area contributed by atoms with Crippen LogP contribution in [0.1, 0.15) is 26.7 Å². The molecule has 0 amide bonds. The number of ether oxygens (including phenoxy) is 2. The van der Waals surface area contributed by atoms with Gasteiger partial charge in [0.15, 0.2) is 0 Å². The average molecular weight is 217 g/mol. The summed E-state index contributed by atoms with van der Waals surface area (Å²) in [6.45, 7) is 6.98. The third kappa shape index (κ3) is 9.69. The van der Waals surface area contributed by atoms with Crippen molar-refractivity contribution in [2.45, 2.75) is 26.7 Å². The molecule has 15 heavy (non-hydrogen) atoms. The lowest BCUT2D eigenvalue weighted by atomic mass is 10.4. The molecule has 0 fully saturated rings. The van der Waals surface area contributed by atoms with Crippen LogP contribution in [0.25, 0.3) is 0 Å². The van der Waals surface area contributed by atoms with Crippen LogP contribution in [-0.4, -0.2) is 50.8 Å². The van der Waals surface area contributed by atoms with Gasteiger partial charge in [-0.2, -0.15) is 0 Å². The molecule has 0 aliphatic carbocycles. The predicted octanol–water partition coefficient (Wildman–Crippen LogP) is 1.30. The number of unbranched alkanes of at least 4 members (excludes halogenated alkanes) is 1. The molecule has 0 saturated carbocycles. The zero-order valence-corrected chi connectivity index (χ0v) is 10.1. The maximum absolute atomic E-state index is 11.1. The van der Waals surface area contributed by atoms with Gasteiger partial charge in [0, 0.05) is 13.2 Å². The van der Waals surface area contributed by atoms with Crippen molar-refractivity contribution < 1.29 is 14.3 Å². The predicted molar refractivity (Wildman–Crippen MR) is 59.9 cm³/mol. The van der Waals surface area contributed by atoms with Gasteiger partial charge in [-0.15, -0.1) is 0 Å². The minimum Gasteiger partial charge on any atom is -0.465 e. The summed E-state index contributed by atoms with van der Waals surface area (Å²) >= 11 is 0. The number of likely N-dealkylation sites (N-methyl/N-ethyl adjacent to an activating group) is 1. The Bertz CT molecular complexity index is 162. The first-order valence-electron chi connectivity index (χ1n) is 5.62. The zero-order chi connectivity index (χ0) is 11.5. The smallest absolute Gasteiger partial charge is 0.320 e. The molecule has 4 heteroatoms. The van der Waals surface area contributed by atoms with E-state index in [0.717, 1.165) is 26.0 Å². The van der Waals surface area contributed by atoms with Crippen LogP contribution in [0.5, 0.6) is 0 Å². The monoisotopic (exact) mass is 217 g/mol. The van der Waals surface area contributed by atoms with Gasteiger partial charge < -0.3 is 9.47 Å². The van der Waals surface area contributed by atoms with Crippen molar-refractivity contribution in [1.29, 1.82) is 0 Å². The van der Waals surface area contributed by atoms with E-state index < -0.39 is 0 Å². The van der Waals surface area contributed by atoms with Crippen LogP contribution in [-0.2, 0) is 14.3 Å². The summed E-state index contributed by atoms with van der Waals surface area (Å²) in [6.07, 6.45) is 2.25. The number of esters is 1. The Morgan fingerprint density at radius 3 is 2.60 bits per heavy atom. The van der Waals surface area contributed by atoms with E-state index in [0.29, 0.717) is 19.8 Å². The molecule has 4 nitrogen and oxygen atoms in total. The zero-order valence-electron chi connectivity index (χ0n) is 10.1. The molecule has 0 aliphatic heterocycles. The van der Waals surface area contributed by atoms with Crippen molar-refractivity contribution in [3.8, 4) is 0 Å².